The standard InChI is InChI=1S/C9H14N4O/c10-9(14)8-5-7(12-13-8)6-3-1-2-4-11-6/h5-6,11H,1-4H2,(H2,10,14)(H,12,13). The number of H-pyrrole nitrogens is 1. The molecule has 1 aliphatic rings. The maximum Gasteiger partial charge on any atom is 0.269 e. The van der Waals surface area contributed by atoms with E-state index in [1.807, 2.05) is 0 Å². The van der Waals surface area contributed by atoms with E-state index in [-0.39, 0.29) is 0 Å². The van der Waals surface area contributed by atoms with Gasteiger partial charge in [-0.25, -0.2) is 0 Å². The summed E-state index contributed by atoms with van der Waals surface area (Å²) in [7, 11) is 0. The molecule has 1 aliphatic heterocycles. The Morgan fingerprint density at radius 3 is 3.00 bits per heavy atom. The Hall–Kier alpha value is -1.36. The van der Waals surface area contributed by atoms with E-state index in [4.69, 9.17) is 5.73 Å². The largest absolute Gasteiger partial charge is 0.364 e. The quantitative estimate of drug-likeness (QED) is 0.634. The first-order chi connectivity index (χ1) is 6.77. The molecule has 1 unspecified atom stereocenters. The summed E-state index contributed by atoms with van der Waals surface area (Å²) in [5, 5.41) is 10.1. The predicted octanol–water partition coefficient (Wildman–Crippen LogP) is 0.323. The number of aromatic amines is 1. The number of amides is 1. The van der Waals surface area contributed by atoms with Crippen molar-refractivity contribution in [2.45, 2.75) is 25.3 Å². The Labute approximate surface area is 82.1 Å². The number of carbonyl (C=O) groups is 1. The highest BCUT2D eigenvalue weighted by Gasteiger charge is 2.17. The first-order valence-corrected chi connectivity index (χ1v) is 4.86. The summed E-state index contributed by atoms with van der Waals surface area (Å²) in [5.74, 6) is -0.483. The monoisotopic (exact) mass is 194 g/mol. The van der Waals surface area contributed by atoms with Gasteiger partial charge in [-0.3, -0.25) is 9.89 Å². The topological polar surface area (TPSA) is 83.8 Å². The number of aromatic nitrogens is 2. The smallest absolute Gasteiger partial charge is 0.269 e. The van der Waals surface area contributed by atoms with Crippen molar-refractivity contribution in [1.82, 2.24) is 15.5 Å². The summed E-state index contributed by atoms with van der Waals surface area (Å²) in [6.07, 6.45) is 3.51. The van der Waals surface area contributed by atoms with E-state index in [9.17, 15) is 4.79 Å². The lowest BCUT2D eigenvalue weighted by molar-refractivity contribution is 0.0995. The van der Waals surface area contributed by atoms with Crippen LogP contribution in [0.25, 0.3) is 0 Å². The van der Waals surface area contributed by atoms with Crippen LogP contribution in [0.15, 0.2) is 6.07 Å². The second-order valence-electron chi connectivity index (χ2n) is 3.58. The summed E-state index contributed by atoms with van der Waals surface area (Å²) in [5.41, 5.74) is 6.38. The van der Waals surface area contributed by atoms with Crippen LogP contribution in [0.4, 0.5) is 0 Å². The van der Waals surface area contributed by atoms with Gasteiger partial charge in [0.2, 0.25) is 0 Å². The second-order valence-corrected chi connectivity index (χ2v) is 3.58. The first kappa shape index (κ1) is 9.21. The van der Waals surface area contributed by atoms with Gasteiger partial charge in [0.1, 0.15) is 5.69 Å². The fraction of sp³-hybridized carbons (Fsp3) is 0.556. The number of nitrogens with one attached hydrogen (secondary N) is 2. The number of rotatable bonds is 2. The van der Waals surface area contributed by atoms with Crippen LogP contribution in [0.1, 0.15) is 41.5 Å². The summed E-state index contributed by atoms with van der Waals surface area (Å²) in [4.78, 5) is 10.8. The first-order valence-electron chi connectivity index (χ1n) is 4.86. The van der Waals surface area contributed by atoms with Crippen LogP contribution < -0.4 is 11.1 Å². The molecular formula is C9H14N4O. The lowest BCUT2D eigenvalue weighted by Gasteiger charge is -2.21. The van der Waals surface area contributed by atoms with Gasteiger partial charge in [0.15, 0.2) is 0 Å². The highest BCUT2D eigenvalue weighted by molar-refractivity contribution is 5.90. The third kappa shape index (κ3) is 1.77. The Balaban J connectivity index is 2.11. The van der Waals surface area contributed by atoms with Gasteiger partial charge in [0.05, 0.1) is 5.69 Å². The van der Waals surface area contributed by atoms with E-state index in [0.29, 0.717) is 11.7 Å². The number of hydrogen-bond acceptors (Lipinski definition) is 3. The molecule has 2 heterocycles. The molecular weight excluding hydrogens is 180 g/mol. The van der Waals surface area contributed by atoms with Crippen LogP contribution in [0.3, 0.4) is 0 Å². The van der Waals surface area contributed by atoms with Gasteiger partial charge in [0.25, 0.3) is 5.91 Å². The van der Waals surface area contributed by atoms with Crippen LogP contribution in [0.5, 0.6) is 0 Å². The van der Waals surface area contributed by atoms with Gasteiger partial charge in [-0.1, -0.05) is 6.42 Å². The molecule has 2 rings (SSSR count). The second kappa shape index (κ2) is 3.79. The molecule has 0 bridgehead atoms. The van der Waals surface area contributed by atoms with Crippen molar-refractivity contribution in [3.63, 3.8) is 0 Å². The molecule has 1 atom stereocenters. The third-order valence-corrected chi connectivity index (χ3v) is 2.54. The zero-order valence-electron chi connectivity index (χ0n) is 7.92. The zero-order valence-corrected chi connectivity index (χ0v) is 7.92. The van der Waals surface area contributed by atoms with Gasteiger partial charge in [-0.15, -0.1) is 0 Å². The molecule has 0 spiro atoms. The molecule has 1 amide bonds. The summed E-state index contributed by atoms with van der Waals surface area (Å²) in [6, 6.07) is 2.02. The highest BCUT2D eigenvalue weighted by Crippen LogP contribution is 2.21. The Kier molecular flexibility index (Phi) is 2.49. The van der Waals surface area contributed by atoms with Crippen molar-refractivity contribution >= 4 is 5.91 Å². The maximum absolute atomic E-state index is 10.8. The van der Waals surface area contributed by atoms with Crippen molar-refractivity contribution in [1.29, 1.82) is 0 Å². The Morgan fingerprint density at radius 1 is 1.57 bits per heavy atom. The SMILES string of the molecule is NC(=O)c1cc(C2CCCCN2)[nH]n1. The normalized spacial score (nSPS) is 22.1. The minimum atomic E-state index is -0.483. The molecule has 0 radical (unpaired) electrons. The molecule has 0 aliphatic carbocycles. The molecule has 1 saturated heterocycles. The third-order valence-electron chi connectivity index (χ3n) is 2.54. The van der Waals surface area contributed by atoms with Crippen LogP contribution in [0, 0.1) is 0 Å². The van der Waals surface area contributed by atoms with Crippen LogP contribution in [0.2, 0.25) is 0 Å². The van der Waals surface area contributed by atoms with Crippen LogP contribution in [-0.2, 0) is 0 Å². The Morgan fingerprint density at radius 2 is 2.43 bits per heavy atom. The zero-order chi connectivity index (χ0) is 9.97. The molecule has 1 aromatic heterocycles. The number of piperidine rings is 1. The summed E-state index contributed by atoms with van der Waals surface area (Å²) >= 11 is 0. The minimum Gasteiger partial charge on any atom is -0.364 e. The maximum atomic E-state index is 10.8. The molecule has 5 heteroatoms. The molecule has 14 heavy (non-hydrogen) atoms. The molecule has 4 N–H and O–H groups in total. The number of carbonyl (C=O) groups excluding carboxylic acids is 1. The fourth-order valence-electron chi connectivity index (χ4n) is 1.76. The van der Waals surface area contributed by atoms with Gasteiger partial charge >= 0.3 is 0 Å². The van der Waals surface area contributed by atoms with Crippen molar-refractivity contribution in [2.24, 2.45) is 5.73 Å². The van der Waals surface area contributed by atoms with E-state index < -0.39 is 5.91 Å². The highest BCUT2D eigenvalue weighted by atomic mass is 16.1. The molecule has 5 nitrogen and oxygen atoms in total. The van der Waals surface area contributed by atoms with E-state index in [1.165, 1.54) is 12.8 Å². The van der Waals surface area contributed by atoms with E-state index in [2.05, 4.69) is 15.5 Å². The fourth-order valence-corrected chi connectivity index (χ4v) is 1.76. The molecule has 1 fully saturated rings. The number of hydrogen-bond donors (Lipinski definition) is 3. The number of nitrogens with zero attached hydrogens (tertiary/aromatic N) is 1. The Bertz CT molecular complexity index is 327. The number of nitrogens with two attached hydrogens (primary N) is 1. The molecule has 0 saturated carbocycles. The lowest BCUT2D eigenvalue weighted by Crippen LogP contribution is -2.27. The minimum absolute atomic E-state index is 0.296. The molecule has 76 valence electrons. The van der Waals surface area contributed by atoms with Crippen molar-refractivity contribution < 1.29 is 4.79 Å². The van der Waals surface area contributed by atoms with Gasteiger partial charge < -0.3 is 11.1 Å². The number of primary amides is 1. The average Bonchev–Trinajstić information content (AvgIpc) is 2.68. The van der Waals surface area contributed by atoms with Gasteiger partial charge in [-0.2, -0.15) is 5.10 Å². The van der Waals surface area contributed by atoms with Crippen LogP contribution >= 0.6 is 0 Å². The summed E-state index contributed by atoms with van der Waals surface area (Å²) < 4.78 is 0. The molecule has 1 aromatic rings. The molecule has 0 aromatic carbocycles. The van der Waals surface area contributed by atoms with E-state index >= 15 is 0 Å². The van der Waals surface area contributed by atoms with Crippen molar-refractivity contribution in [2.75, 3.05) is 6.54 Å². The van der Waals surface area contributed by atoms with Crippen molar-refractivity contribution in [3.05, 3.63) is 17.5 Å². The lowest BCUT2D eigenvalue weighted by atomic mass is 10.0. The van der Waals surface area contributed by atoms with Gasteiger partial charge in [0, 0.05) is 6.04 Å². The van der Waals surface area contributed by atoms with E-state index in [0.717, 1.165) is 18.7 Å². The van der Waals surface area contributed by atoms with Crippen LogP contribution in [-0.4, -0.2) is 22.6 Å². The van der Waals surface area contributed by atoms with Crippen molar-refractivity contribution in [3.8, 4) is 0 Å². The van der Waals surface area contributed by atoms with E-state index in [1.54, 1.807) is 6.07 Å². The summed E-state index contributed by atoms with van der Waals surface area (Å²) in [6.45, 7) is 1.02. The van der Waals surface area contributed by atoms with Gasteiger partial charge in [-0.05, 0) is 25.5 Å². The average molecular weight is 194 g/mol. The predicted molar refractivity (Wildman–Crippen MR) is 51.7 cm³/mol.